The van der Waals surface area contributed by atoms with Crippen LogP contribution in [0, 0.1) is 17.3 Å². The summed E-state index contributed by atoms with van der Waals surface area (Å²) in [5, 5.41) is 0. The minimum atomic E-state index is -0.143. The van der Waals surface area contributed by atoms with Crippen LogP contribution in [0.25, 0.3) is 0 Å². The number of likely N-dealkylation sites (tertiary alicyclic amines) is 1. The van der Waals surface area contributed by atoms with Crippen molar-refractivity contribution in [2.75, 3.05) is 13.1 Å². The Bertz CT molecular complexity index is 276. The van der Waals surface area contributed by atoms with Gasteiger partial charge in [0, 0.05) is 13.1 Å². The van der Waals surface area contributed by atoms with E-state index in [9.17, 15) is 4.79 Å². The molecule has 0 radical (unpaired) electrons. The van der Waals surface area contributed by atoms with Crippen molar-refractivity contribution in [3.8, 4) is 0 Å². The van der Waals surface area contributed by atoms with Gasteiger partial charge in [-0.25, -0.2) is 4.79 Å². The van der Waals surface area contributed by atoms with Crippen LogP contribution in [0.4, 0.5) is 4.79 Å². The van der Waals surface area contributed by atoms with Crippen molar-refractivity contribution in [1.29, 1.82) is 0 Å². The topological polar surface area (TPSA) is 29.5 Å². The van der Waals surface area contributed by atoms with Gasteiger partial charge in [-0.05, 0) is 43.9 Å². The van der Waals surface area contributed by atoms with Gasteiger partial charge in [0.05, 0.1) is 6.10 Å². The minimum absolute atomic E-state index is 0.0353. The number of hydrogen-bond acceptors (Lipinski definition) is 2. The molecule has 3 heteroatoms. The molecule has 0 atom stereocenters. The molecule has 1 rings (SSSR count). The fourth-order valence-corrected chi connectivity index (χ4v) is 3.15. The molecular weight excluding hydrogens is 226 g/mol. The van der Waals surface area contributed by atoms with E-state index < -0.39 is 0 Å². The summed E-state index contributed by atoms with van der Waals surface area (Å²) in [7, 11) is 0. The van der Waals surface area contributed by atoms with E-state index in [2.05, 4.69) is 27.7 Å². The van der Waals surface area contributed by atoms with Gasteiger partial charge in [0.1, 0.15) is 0 Å². The lowest BCUT2D eigenvalue weighted by atomic mass is 9.64. The monoisotopic (exact) mass is 255 g/mol. The van der Waals surface area contributed by atoms with Crippen LogP contribution < -0.4 is 0 Å². The maximum Gasteiger partial charge on any atom is 0.410 e. The Morgan fingerprint density at radius 2 is 1.67 bits per heavy atom. The van der Waals surface area contributed by atoms with Crippen LogP contribution in [0.2, 0.25) is 0 Å². The molecule has 1 fully saturated rings. The van der Waals surface area contributed by atoms with Crippen molar-refractivity contribution in [2.24, 2.45) is 17.3 Å². The Balaban J connectivity index is 2.78. The van der Waals surface area contributed by atoms with Crippen LogP contribution in [0.15, 0.2) is 0 Å². The highest BCUT2D eigenvalue weighted by Crippen LogP contribution is 2.43. The molecule has 0 bridgehead atoms. The molecular formula is C15H29NO2. The van der Waals surface area contributed by atoms with Crippen LogP contribution in [0.3, 0.4) is 0 Å². The van der Waals surface area contributed by atoms with E-state index in [-0.39, 0.29) is 17.6 Å². The maximum absolute atomic E-state index is 12.0. The van der Waals surface area contributed by atoms with Gasteiger partial charge >= 0.3 is 6.09 Å². The Hall–Kier alpha value is -0.730. The second-order valence-electron chi connectivity index (χ2n) is 6.50. The summed E-state index contributed by atoms with van der Waals surface area (Å²) >= 11 is 0. The van der Waals surface area contributed by atoms with Crippen LogP contribution >= 0.6 is 0 Å². The van der Waals surface area contributed by atoms with Gasteiger partial charge in [0.2, 0.25) is 0 Å². The summed E-state index contributed by atoms with van der Waals surface area (Å²) in [5.41, 5.74) is 0.244. The predicted octanol–water partition coefficient (Wildman–Crippen LogP) is 3.93. The second kappa shape index (κ2) is 5.94. The average molecular weight is 255 g/mol. The zero-order valence-electron chi connectivity index (χ0n) is 12.8. The fraction of sp³-hybridized carbons (Fsp3) is 0.933. The molecule has 106 valence electrons. The molecule has 1 saturated heterocycles. The number of piperidine rings is 1. The van der Waals surface area contributed by atoms with Gasteiger partial charge in [-0.2, -0.15) is 0 Å². The zero-order chi connectivity index (χ0) is 13.9. The van der Waals surface area contributed by atoms with Gasteiger partial charge < -0.3 is 9.64 Å². The van der Waals surface area contributed by atoms with Crippen LogP contribution in [-0.4, -0.2) is 30.2 Å². The highest BCUT2D eigenvalue weighted by Gasteiger charge is 2.42. The van der Waals surface area contributed by atoms with Crippen LogP contribution in [-0.2, 0) is 4.74 Å². The molecule has 0 aliphatic carbocycles. The first-order chi connectivity index (χ1) is 8.29. The molecule has 1 aliphatic heterocycles. The first-order valence-electron chi connectivity index (χ1n) is 7.25. The number of carbonyl (C=O) groups excluding carboxylic acids is 1. The molecule has 18 heavy (non-hydrogen) atoms. The largest absolute Gasteiger partial charge is 0.447 e. The third-order valence-electron chi connectivity index (χ3n) is 4.45. The van der Waals surface area contributed by atoms with E-state index in [4.69, 9.17) is 4.74 Å². The van der Waals surface area contributed by atoms with Crippen molar-refractivity contribution in [3.63, 3.8) is 0 Å². The lowest BCUT2D eigenvalue weighted by Crippen LogP contribution is -2.51. The van der Waals surface area contributed by atoms with Crippen molar-refractivity contribution in [1.82, 2.24) is 4.90 Å². The summed E-state index contributed by atoms with van der Waals surface area (Å²) in [6, 6.07) is 0. The van der Waals surface area contributed by atoms with E-state index in [1.54, 1.807) is 0 Å². The molecule has 3 nitrogen and oxygen atoms in total. The van der Waals surface area contributed by atoms with E-state index in [0.29, 0.717) is 11.8 Å². The summed E-state index contributed by atoms with van der Waals surface area (Å²) < 4.78 is 5.33. The predicted molar refractivity (Wildman–Crippen MR) is 74.5 cm³/mol. The number of hydrogen-bond donors (Lipinski definition) is 0. The smallest absolute Gasteiger partial charge is 0.410 e. The number of amides is 1. The summed E-state index contributed by atoms with van der Waals surface area (Å²) in [4.78, 5) is 14.0. The summed E-state index contributed by atoms with van der Waals surface area (Å²) in [6.45, 7) is 14.6. The molecule has 1 amide bonds. The third kappa shape index (κ3) is 3.18. The van der Waals surface area contributed by atoms with E-state index in [1.807, 2.05) is 18.7 Å². The van der Waals surface area contributed by atoms with E-state index in [0.717, 1.165) is 19.5 Å². The van der Waals surface area contributed by atoms with E-state index in [1.165, 1.54) is 6.42 Å². The van der Waals surface area contributed by atoms with Crippen molar-refractivity contribution in [3.05, 3.63) is 0 Å². The van der Waals surface area contributed by atoms with Gasteiger partial charge in [0.25, 0.3) is 0 Å². The molecule has 0 aromatic heterocycles. The fourth-order valence-electron chi connectivity index (χ4n) is 3.15. The minimum Gasteiger partial charge on any atom is -0.447 e. The van der Waals surface area contributed by atoms with Gasteiger partial charge in [-0.15, -0.1) is 0 Å². The molecule has 0 spiro atoms. The number of ether oxygens (including phenoxy) is 1. The van der Waals surface area contributed by atoms with Crippen LogP contribution in [0.1, 0.15) is 54.4 Å². The molecule has 1 heterocycles. The molecule has 0 N–H and O–H groups in total. The molecule has 0 unspecified atom stereocenters. The zero-order valence-corrected chi connectivity index (χ0v) is 12.8. The maximum atomic E-state index is 12.0. The van der Waals surface area contributed by atoms with Gasteiger partial charge in [-0.3, -0.25) is 0 Å². The highest BCUT2D eigenvalue weighted by molar-refractivity contribution is 5.68. The lowest BCUT2D eigenvalue weighted by Gasteiger charge is -2.48. The standard InChI is InChI=1S/C15H29NO2/c1-11(2)15(12(3)4)8-7-9-16(10-15)14(17)18-13(5)6/h11-13H,7-10H2,1-6H3. The summed E-state index contributed by atoms with van der Waals surface area (Å²) in [5.74, 6) is 1.18. The normalized spacial score (nSPS) is 19.7. The highest BCUT2D eigenvalue weighted by atomic mass is 16.6. The number of carbonyl (C=O) groups is 1. The molecule has 0 saturated carbocycles. The summed E-state index contributed by atoms with van der Waals surface area (Å²) in [6.07, 6.45) is 2.12. The lowest BCUT2D eigenvalue weighted by molar-refractivity contribution is -0.00313. The molecule has 0 aromatic carbocycles. The Labute approximate surface area is 112 Å². The Kier molecular flexibility index (Phi) is 5.06. The second-order valence-corrected chi connectivity index (χ2v) is 6.50. The van der Waals surface area contributed by atoms with E-state index >= 15 is 0 Å². The first-order valence-corrected chi connectivity index (χ1v) is 7.25. The average Bonchev–Trinajstić information content (AvgIpc) is 2.27. The molecule has 0 aromatic rings. The number of nitrogens with zero attached hydrogens (tertiary/aromatic N) is 1. The van der Waals surface area contributed by atoms with Gasteiger partial charge in [-0.1, -0.05) is 27.7 Å². The first kappa shape index (κ1) is 15.3. The van der Waals surface area contributed by atoms with Crippen molar-refractivity contribution < 1.29 is 9.53 Å². The van der Waals surface area contributed by atoms with Crippen molar-refractivity contribution >= 4 is 6.09 Å². The van der Waals surface area contributed by atoms with Gasteiger partial charge in [0.15, 0.2) is 0 Å². The number of rotatable bonds is 3. The SMILES string of the molecule is CC(C)OC(=O)N1CCCC(C(C)C)(C(C)C)C1. The Morgan fingerprint density at radius 1 is 1.11 bits per heavy atom. The Morgan fingerprint density at radius 3 is 2.11 bits per heavy atom. The van der Waals surface area contributed by atoms with Crippen LogP contribution in [0.5, 0.6) is 0 Å². The molecule has 1 aliphatic rings. The van der Waals surface area contributed by atoms with Crippen molar-refractivity contribution in [2.45, 2.75) is 60.5 Å². The third-order valence-corrected chi connectivity index (χ3v) is 4.45. The quantitative estimate of drug-likeness (QED) is 0.765.